The van der Waals surface area contributed by atoms with Crippen LogP contribution in [0.2, 0.25) is 5.02 Å². The van der Waals surface area contributed by atoms with Gasteiger partial charge in [-0.25, -0.2) is 9.37 Å². The van der Waals surface area contributed by atoms with Gasteiger partial charge >= 0.3 is 0 Å². The topological polar surface area (TPSA) is 50.9 Å². The average molecular weight is 286 g/mol. The summed E-state index contributed by atoms with van der Waals surface area (Å²) >= 11 is 7.32. The molecule has 1 unspecified atom stereocenters. The van der Waals surface area contributed by atoms with Crippen molar-refractivity contribution in [2.24, 2.45) is 5.84 Å². The van der Waals surface area contributed by atoms with Crippen LogP contribution in [0.1, 0.15) is 22.3 Å². The van der Waals surface area contributed by atoms with Gasteiger partial charge in [0, 0.05) is 17.4 Å². The zero-order valence-corrected chi connectivity index (χ0v) is 11.4. The van der Waals surface area contributed by atoms with Crippen LogP contribution in [0.3, 0.4) is 0 Å². The third-order valence-corrected chi connectivity index (χ3v) is 3.75. The molecule has 0 aliphatic rings. The molecule has 0 saturated heterocycles. The van der Waals surface area contributed by atoms with Gasteiger partial charge in [0.05, 0.1) is 21.8 Å². The van der Waals surface area contributed by atoms with E-state index < -0.39 is 5.82 Å². The number of hydrogen-bond donors (Lipinski definition) is 2. The van der Waals surface area contributed by atoms with E-state index in [4.69, 9.17) is 17.4 Å². The quantitative estimate of drug-likeness (QED) is 0.671. The van der Waals surface area contributed by atoms with Crippen molar-refractivity contribution in [3.05, 3.63) is 50.7 Å². The average Bonchev–Trinajstić information content (AvgIpc) is 2.76. The van der Waals surface area contributed by atoms with Crippen LogP contribution in [0.5, 0.6) is 0 Å². The minimum absolute atomic E-state index is 0.0993. The summed E-state index contributed by atoms with van der Waals surface area (Å²) in [6.45, 7) is 1.93. The molecule has 0 amide bonds. The van der Waals surface area contributed by atoms with Gasteiger partial charge in [0.25, 0.3) is 0 Å². The lowest BCUT2D eigenvalue weighted by Gasteiger charge is -2.16. The van der Waals surface area contributed by atoms with E-state index in [1.807, 2.05) is 12.3 Å². The van der Waals surface area contributed by atoms with Gasteiger partial charge in [-0.1, -0.05) is 23.7 Å². The monoisotopic (exact) mass is 285 g/mol. The van der Waals surface area contributed by atoms with Crippen molar-refractivity contribution in [1.82, 2.24) is 10.4 Å². The largest absolute Gasteiger partial charge is 0.271 e. The standard InChI is InChI=1S/C12H13ClFN3S/c1-7-16-8(6-18-7)5-11(17-15)9-3-2-4-10(13)12(9)14/h2-4,6,11,17H,5,15H2,1H3. The van der Waals surface area contributed by atoms with E-state index in [9.17, 15) is 4.39 Å². The zero-order valence-electron chi connectivity index (χ0n) is 9.78. The predicted octanol–water partition coefficient (Wildman–Crippen LogP) is 2.99. The second-order valence-electron chi connectivity index (χ2n) is 3.92. The van der Waals surface area contributed by atoms with Crippen molar-refractivity contribution in [2.75, 3.05) is 0 Å². The first-order chi connectivity index (χ1) is 8.61. The maximum Gasteiger partial charge on any atom is 0.146 e. The van der Waals surface area contributed by atoms with E-state index >= 15 is 0 Å². The number of rotatable bonds is 4. The fraction of sp³-hybridized carbons (Fsp3) is 0.250. The Hall–Kier alpha value is -1.01. The lowest BCUT2D eigenvalue weighted by Crippen LogP contribution is -2.30. The first-order valence-corrected chi connectivity index (χ1v) is 6.68. The van der Waals surface area contributed by atoms with E-state index in [0.717, 1.165) is 10.7 Å². The maximum absolute atomic E-state index is 13.9. The Morgan fingerprint density at radius 3 is 2.94 bits per heavy atom. The lowest BCUT2D eigenvalue weighted by atomic mass is 10.0. The van der Waals surface area contributed by atoms with Gasteiger partial charge in [-0.05, 0) is 13.0 Å². The third-order valence-electron chi connectivity index (χ3n) is 2.64. The maximum atomic E-state index is 13.9. The molecule has 0 bridgehead atoms. The van der Waals surface area contributed by atoms with Gasteiger partial charge in [-0.15, -0.1) is 11.3 Å². The van der Waals surface area contributed by atoms with Crippen molar-refractivity contribution in [2.45, 2.75) is 19.4 Å². The summed E-state index contributed by atoms with van der Waals surface area (Å²) in [5.41, 5.74) is 3.95. The molecule has 0 radical (unpaired) electrons. The highest BCUT2D eigenvalue weighted by Gasteiger charge is 2.17. The van der Waals surface area contributed by atoms with E-state index in [1.54, 1.807) is 23.5 Å². The smallest absolute Gasteiger partial charge is 0.146 e. The Morgan fingerprint density at radius 2 is 2.33 bits per heavy atom. The van der Waals surface area contributed by atoms with Gasteiger partial charge < -0.3 is 0 Å². The summed E-state index contributed by atoms with van der Waals surface area (Å²) in [7, 11) is 0. The molecule has 0 aliphatic heterocycles. The van der Waals surface area contributed by atoms with E-state index in [2.05, 4.69) is 10.4 Å². The van der Waals surface area contributed by atoms with Crippen LogP contribution in [-0.2, 0) is 6.42 Å². The number of nitrogens with zero attached hydrogens (tertiary/aromatic N) is 1. The summed E-state index contributed by atoms with van der Waals surface area (Å²) in [6, 6.07) is 4.55. The fourth-order valence-corrected chi connectivity index (χ4v) is 2.57. The Bertz CT molecular complexity index is 544. The lowest BCUT2D eigenvalue weighted by molar-refractivity contribution is 0.507. The third kappa shape index (κ3) is 2.87. The van der Waals surface area contributed by atoms with E-state index in [0.29, 0.717) is 12.0 Å². The fourth-order valence-electron chi connectivity index (χ4n) is 1.76. The molecule has 2 aromatic rings. The molecule has 1 heterocycles. The van der Waals surface area contributed by atoms with Gasteiger partial charge in [-0.2, -0.15) is 0 Å². The Labute approximate surface area is 114 Å². The summed E-state index contributed by atoms with van der Waals surface area (Å²) in [6.07, 6.45) is 0.526. The number of aryl methyl sites for hydroxylation is 1. The van der Waals surface area contributed by atoms with Crippen LogP contribution in [0.25, 0.3) is 0 Å². The number of thiazole rings is 1. The molecule has 0 fully saturated rings. The van der Waals surface area contributed by atoms with Crippen molar-refractivity contribution >= 4 is 22.9 Å². The Kier molecular flexibility index (Phi) is 4.29. The zero-order chi connectivity index (χ0) is 13.1. The SMILES string of the molecule is Cc1nc(CC(NN)c2cccc(Cl)c2F)cs1. The molecule has 3 N–H and O–H groups in total. The number of aromatic nitrogens is 1. The number of hydrogen-bond acceptors (Lipinski definition) is 4. The molecule has 18 heavy (non-hydrogen) atoms. The van der Waals surface area contributed by atoms with Crippen LogP contribution >= 0.6 is 22.9 Å². The highest BCUT2D eigenvalue weighted by atomic mass is 35.5. The minimum atomic E-state index is -0.436. The number of nitrogens with two attached hydrogens (primary N) is 1. The number of benzene rings is 1. The summed E-state index contributed by atoms with van der Waals surface area (Å²) in [4.78, 5) is 4.34. The first-order valence-electron chi connectivity index (χ1n) is 5.43. The summed E-state index contributed by atoms with van der Waals surface area (Å²) in [5.74, 6) is 5.06. The Balaban J connectivity index is 2.25. The normalized spacial score (nSPS) is 12.7. The molecule has 0 saturated carbocycles. The molecule has 0 spiro atoms. The van der Waals surface area contributed by atoms with Crippen molar-refractivity contribution < 1.29 is 4.39 Å². The summed E-state index contributed by atoms with van der Waals surface area (Å²) < 4.78 is 13.9. The van der Waals surface area contributed by atoms with Crippen molar-refractivity contribution in [3.8, 4) is 0 Å². The molecule has 2 rings (SSSR count). The van der Waals surface area contributed by atoms with Crippen LogP contribution < -0.4 is 11.3 Å². The molecule has 1 aromatic heterocycles. The second kappa shape index (κ2) is 5.75. The molecule has 96 valence electrons. The van der Waals surface area contributed by atoms with E-state index in [-0.39, 0.29) is 11.1 Å². The molecular formula is C12H13ClFN3S. The minimum Gasteiger partial charge on any atom is -0.271 e. The molecule has 0 aliphatic carbocycles. The second-order valence-corrected chi connectivity index (χ2v) is 5.39. The van der Waals surface area contributed by atoms with Crippen LogP contribution in [-0.4, -0.2) is 4.98 Å². The van der Waals surface area contributed by atoms with E-state index in [1.165, 1.54) is 6.07 Å². The van der Waals surface area contributed by atoms with Gasteiger partial charge in [-0.3, -0.25) is 11.3 Å². The summed E-state index contributed by atoms with van der Waals surface area (Å²) in [5, 5.41) is 3.02. The molecule has 1 atom stereocenters. The van der Waals surface area contributed by atoms with Crippen LogP contribution in [0.15, 0.2) is 23.6 Å². The molecule has 6 heteroatoms. The van der Waals surface area contributed by atoms with Gasteiger partial charge in [0.2, 0.25) is 0 Å². The number of hydrazine groups is 1. The van der Waals surface area contributed by atoms with Gasteiger partial charge in [0.1, 0.15) is 5.82 Å². The highest BCUT2D eigenvalue weighted by Crippen LogP contribution is 2.25. The first kappa shape index (κ1) is 13.4. The van der Waals surface area contributed by atoms with Crippen LogP contribution in [0, 0.1) is 12.7 Å². The van der Waals surface area contributed by atoms with Gasteiger partial charge in [0.15, 0.2) is 0 Å². The van der Waals surface area contributed by atoms with Crippen molar-refractivity contribution in [3.63, 3.8) is 0 Å². The Morgan fingerprint density at radius 1 is 1.56 bits per heavy atom. The van der Waals surface area contributed by atoms with Crippen LogP contribution in [0.4, 0.5) is 4.39 Å². The molecule has 3 nitrogen and oxygen atoms in total. The predicted molar refractivity (Wildman–Crippen MR) is 72.0 cm³/mol. The van der Waals surface area contributed by atoms with Crippen molar-refractivity contribution in [1.29, 1.82) is 0 Å². The highest BCUT2D eigenvalue weighted by molar-refractivity contribution is 7.09. The molecule has 1 aromatic carbocycles. The number of nitrogens with one attached hydrogen (secondary N) is 1. The number of halogens is 2. The molecular weight excluding hydrogens is 273 g/mol.